The van der Waals surface area contributed by atoms with Crippen molar-refractivity contribution in [1.29, 1.82) is 0 Å². The third kappa shape index (κ3) is 7.50. The summed E-state index contributed by atoms with van der Waals surface area (Å²) in [7, 11) is -1.03. The smallest absolute Gasteiger partial charge is 0.330 e. The molecule has 2 N–H and O–H groups in total. The van der Waals surface area contributed by atoms with Crippen molar-refractivity contribution in [2.45, 2.75) is 37.6 Å². The molecule has 1 amide bonds. The van der Waals surface area contributed by atoms with Crippen molar-refractivity contribution in [3.05, 3.63) is 128 Å². The third-order valence-electron chi connectivity index (χ3n) is 8.68. The second kappa shape index (κ2) is 15.4. The van der Waals surface area contributed by atoms with Crippen LogP contribution in [0.1, 0.15) is 34.4 Å². The lowest BCUT2D eigenvalue weighted by molar-refractivity contribution is -0.142. The normalized spacial score (nSPS) is 11.9. The number of nitrogens with one attached hydrogen (secondary N) is 2. The molecule has 0 bridgehead atoms. The molecule has 1 atom stereocenters. The van der Waals surface area contributed by atoms with E-state index in [9.17, 15) is 27.6 Å². The molecule has 18 heteroatoms. The van der Waals surface area contributed by atoms with Gasteiger partial charge in [0, 0.05) is 50.6 Å². The van der Waals surface area contributed by atoms with Crippen LogP contribution in [0.3, 0.4) is 0 Å². The largest absolute Gasteiger partial charge is 0.467 e. The van der Waals surface area contributed by atoms with Gasteiger partial charge in [-0.1, -0.05) is 43.3 Å². The Morgan fingerprint density at radius 2 is 1.39 bits per heavy atom. The van der Waals surface area contributed by atoms with Gasteiger partial charge in [-0.2, -0.15) is 0 Å². The average molecular weight is 769 g/mol. The third-order valence-corrected chi connectivity index (χ3v) is 10.0. The molecule has 5 aromatic rings. The number of sulfonamides is 1. The first-order valence-electron chi connectivity index (χ1n) is 16.0. The Bertz CT molecular complexity index is 2480. The summed E-state index contributed by atoms with van der Waals surface area (Å²) in [5.74, 6) is -11.2. The van der Waals surface area contributed by atoms with Gasteiger partial charge >= 0.3 is 11.7 Å². The van der Waals surface area contributed by atoms with Gasteiger partial charge in [0.25, 0.3) is 21.5 Å². The molecule has 2 heterocycles. The Balaban J connectivity index is 1.37. The molecular weight excluding hydrogens is 736 g/mol. The van der Waals surface area contributed by atoms with E-state index in [2.05, 4.69) is 9.97 Å². The molecule has 54 heavy (non-hydrogen) atoms. The summed E-state index contributed by atoms with van der Waals surface area (Å²) in [4.78, 5) is 58.6. The number of hydrogen-bond acceptors (Lipinski definition) is 9. The Morgan fingerprint density at radius 1 is 0.833 bits per heavy atom. The number of aryl methyl sites for hydroxylation is 1. The van der Waals surface area contributed by atoms with E-state index in [4.69, 9.17) is 4.74 Å². The van der Waals surface area contributed by atoms with Crippen LogP contribution in [0.25, 0.3) is 22.3 Å². The number of rotatable bonds is 11. The molecule has 5 rings (SSSR count). The maximum atomic E-state index is 15.3. The fourth-order valence-corrected chi connectivity index (χ4v) is 6.57. The van der Waals surface area contributed by atoms with Gasteiger partial charge in [0.2, 0.25) is 0 Å². The van der Waals surface area contributed by atoms with Crippen molar-refractivity contribution in [3.63, 3.8) is 0 Å². The molecule has 0 aliphatic carbocycles. The van der Waals surface area contributed by atoms with Crippen molar-refractivity contribution in [1.82, 2.24) is 24.4 Å². The minimum absolute atomic E-state index is 0.228. The number of aromatic nitrogens is 4. The van der Waals surface area contributed by atoms with Crippen molar-refractivity contribution < 1.29 is 40.3 Å². The number of carbonyl (C=O) groups is 2. The number of esters is 1. The summed E-state index contributed by atoms with van der Waals surface area (Å²) in [6.45, 7) is 3.45. The van der Waals surface area contributed by atoms with Crippen LogP contribution in [-0.4, -0.2) is 52.5 Å². The quantitative estimate of drug-likeness (QED) is 0.115. The minimum Gasteiger partial charge on any atom is -0.467 e. The first-order chi connectivity index (χ1) is 25.5. The van der Waals surface area contributed by atoms with Crippen LogP contribution in [0.5, 0.6) is 0 Å². The number of carbonyl (C=O) groups excluding carboxylic acids is 2. The second-order valence-corrected chi connectivity index (χ2v) is 13.7. The first-order valence-corrected chi connectivity index (χ1v) is 17.5. The van der Waals surface area contributed by atoms with E-state index in [1.807, 2.05) is 12.2 Å². The minimum atomic E-state index is -4.82. The highest BCUT2D eigenvalue weighted by Gasteiger charge is 2.34. The van der Waals surface area contributed by atoms with Crippen LogP contribution < -0.4 is 21.3 Å². The molecule has 2 aromatic heterocycles. The van der Waals surface area contributed by atoms with Gasteiger partial charge in [-0.05, 0) is 35.7 Å². The highest BCUT2D eigenvalue weighted by molar-refractivity contribution is 7.92. The van der Waals surface area contributed by atoms with Crippen LogP contribution in [0.15, 0.2) is 75.4 Å². The molecule has 0 aliphatic heterocycles. The summed E-state index contributed by atoms with van der Waals surface area (Å²) >= 11 is 0. The molecule has 0 unspecified atom stereocenters. The SMILES string of the molecule is CCc1ncc(-c2ccc(S(=O)(=O)Nc3c(F)c(F)c(C(=O)N[C@@H](Cc4ccc(-c5c(C)n(C)c(=O)n(C)c5=O)cc4)C(=O)OC)c(F)c3F)cc2)cn1. The molecule has 282 valence electrons. The molecular formula is C36H32F4N6O7S. The van der Waals surface area contributed by atoms with Gasteiger partial charge in [0.1, 0.15) is 23.1 Å². The monoisotopic (exact) mass is 768 g/mol. The number of ether oxygens (including phenoxy) is 1. The van der Waals surface area contributed by atoms with E-state index in [-0.39, 0.29) is 12.0 Å². The number of nitrogens with zero attached hydrogens (tertiary/aromatic N) is 4. The molecule has 0 saturated carbocycles. The van der Waals surface area contributed by atoms with Gasteiger partial charge in [0.15, 0.2) is 23.3 Å². The number of amides is 1. The molecule has 0 aliphatic rings. The van der Waals surface area contributed by atoms with E-state index in [1.54, 1.807) is 6.92 Å². The predicted octanol–water partition coefficient (Wildman–Crippen LogP) is 3.95. The molecule has 13 nitrogen and oxygen atoms in total. The lowest BCUT2D eigenvalue weighted by Gasteiger charge is -2.19. The number of hydrogen-bond donors (Lipinski definition) is 2. The zero-order valence-corrected chi connectivity index (χ0v) is 30.1. The second-order valence-electron chi connectivity index (χ2n) is 12.0. The zero-order valence-electron chi connectivity index (χ0n) is 29.3. The summed E-state index contributed by atoms with van der Waals surface area (Å²) in [6, 6.07) is 9.25. The van der Waals surface area contributed by atoms with Crippen molar-refractivity contribution in [3.8, 4) is 22.3 Å². The van der Waals surface area contributed by atoms with Crippen LogP contribution >= 0.6 is 0 Å². The molecule has 0 saturated heterocycles. The predicted molar refractivity (Wildman–Crippen MR) is 188 cm³/mol. The van der Waals surface area contributed by atoms with Crippen LogP contribution in [-0.2, 0) is 46.5 Å². The highest BCUT2D eigenvalue weighted by Crippen LogP contribution is 2.31. The maximum absolute atomic E-state index is 15.3. The summed E-state index contributed by atoms with van der Waals surface area (Å²) in [5, 5.41) is 2.01. The standard InChI is InChI=1S/C36H32F4N6O7S/c1-6-25-41-16-22(17-42-25)20-11-13-23(14-12-20)54(51,52)44-32-30(39)28(37)27(29(38)31(32)40)33(47)43-24(35(49)53-5)15-19-7-9-21(10-8-19)26-18(2)45(3)36(50)46(4)34(26)48/h7-14,16-17,24,44H,6,15H2,1-5H3,(H,43,47)/t24-/m0/s1. The van der Waals surface area contributed by atoms with E-state index < -0.39 is 78.6 Å². The van der Waals surface area contributed by atoms with Crippen LogP contribution in [0.4, 0.5) is 23.2 Å². The molecule has 0 spiro atoms. The fraction of sp³-hybridized carbons (Fsp3) is 0.222. The maximum Gasteiger partial charge on any atom is 0.330 e. The summed E-state index contributed by atoms with van der Waals surface area (Å²) < 4.78 is 95.5. The number of methoxy groups -OCH3 is 1. The number of anilines is 1. The molecule has 0 radical (unpaired) electrons. The number of benzene rings is 3. The number of halogens is 4. The lowest BCUT2D eigenvalue weighted by Crippen LogP contribution is -2.43. The molecule has 0 fully saturated rings. The van der Waals surface area contributed by atoms with E-state index in [0.717, 1.165) is 23.8 Å². The van der Waals surface area contributed by atoms with Gasteiger partial charge < -0.3 is 14.6 Å². The van der Waals surface area contributed by atoms with E-state index in [1.165, 1.54) is 72.2 Å². The van der Waals surface area contributed by atoms with Gasteiger partial charge in [-0.3, -0.25) is 18.9 Å². The highest BCUT2D eigenvalue weighted by atomic mass is 32.2. The first kappa shape index (κ1) is 39.0. The van der Waals surface area contributed by atoms with E-state index in [0.29, 0.717) is 40.2 Å². The molecule has 3 aromatic carbocycles. The van der Waals surface area contributed by atoms with Gasteiger partial charge in [-0.25, -0.2) is 45.5 Å². The zero-order chi connectivity index (χ0) is 39.6. The Hall–Kier alpha value is -6.17. The van der Waals surface area contributed by atoms with Crippen LogP contribution in [0, 0.1) is 30.2 Å². The average Bonchev–Trinajstić information content (AvgIpc) is 3.17. The lowest BCUT2D eigenvalue weighted by atomic mass is 10.00. The van der Waals surface area contributed by atoms with Crippen LogP contribution in [0.2, 0.25) is 0 Å². The van der Waals surface area contributed by atoms with E-state index >= 15 is 17.6 Å². The summed E-state index contributed by atoms with van der Waals surface area (Å²) in [6.07, 6.45) is 3.30. The van der Waals surface area contributed by atoms with Crippen molar-refractivity contribution in [2.24, 2.45) is 14.1 Å². The summed E-state index contributed by atoms with van der Waals surface area (Å²) in [5.41, 5.74) is -2.12. The van der Waals surface area contributed by atoms with Crippen molar-refractivity contribution in [2.75, 3.05) is 11.8 Å². The Morgan fingerprint density at radius 3 is 1.93 bits per heavy atom. The van der Waals surface area contributed by atoms with Crippen molar-refractivity contribution >= 4 is 27.6 Å². The Labute approximate surface area is 305 Å². The topological polar surface area (TPSA) is 171 Å². The fourth-order valence-electron chi connectivity index (χ4n) is 5.51. The van der Waals surface area contributed by atoms with Gasteiger partial charge in [-0.15, -0.1) is 0 Å². The van der Waals surface area contributed by atoms with Gasteiger partial charge in [0.05, 0.1) is 17.6 Å². The Kier molecular flexibility index (Phi) is 11.2.